The molecule has 1 atom stereocenters. The number of para-hydroxylation sites is 1. The van der Waals surface area contributed by atoms with Crippen LogP contribution in [0.5, 0.6) is 17.2 Å². The van der Waals surface area contributed by atoms with Crippen LogP contribution < -0.4 is 20.1 Å². The Morgan fingerprint density at radius 3 is 2.59 bits per heavy atom. The van der Waals surface area contributed by atoms with E-state index in [1.807, 2.05) is 31.2 Å². The highest BCUT2D eigenvalue weighted by Gasteiger charge is 2.26. The van der Waals surface area contributed by atoms with Crippen LogP contribution in [0.15, 0.2) is 47.5 Å². The summed E-state index contributed by atoms with van der Waals surface area (Å²) in [4.78, 5) is 7.27. The summed E-state index contributed by atoms with van der Waals surface area (Å²) >= 11 is 0. The molecular formula is C25H36N4O3. The number of rotatable bonds is 10. The van der Waals surface area contributed by atoms with Gasteiger partial charge in [-0.25, -0.2) is 4.99 Å². The predicted octanol–water partition coefficient (Wildman–Crippen LogP) is 3.69. The van der Waals surface area contributed by atoms with Crippen molar-refractivity contribution in [3.8, 4) is 17.2 Å². The summed E-state index contributed by atoms with van der Waals surface area (Å²) in [6.07, 6.45) is 2.45. The van der Waals surface area contributed by atoms with Crippen LogP contribution in [0, 0.1) is 0 Å². The van der Waals surface area contributed by atoms with Crippen molar-refractivity contribution in [3.63, 3.8) is 0 Å². The quantitative estimate of drug-likeness (QED) is 0.386. The zero-order valence-corrected chi connectivity index (χ0v) is 19.4. The van der Waals surface area contributed by atoms with Gasteiger partial charge in [0.25, 0.3) is 0 Å². The van der Waals surface area contributed by atoms with Crippen molar-refractivity contribution < 1.29 is 14.6 Å². The minimum Gasteiger partial charge on any atom is -0.504 e. The summed E-state index contributed by atoms with van der Waals surface area (Å²) in [5, 5.41) is 16.8. The van der Waals surface area contributed by atoms with Gasteiger partial charge in [0.15, 0.2) is 17.5 Å². The molecule has 174 valence electrons. The van der Waals surface area contributed by atoms with Gasteiger partial charge in [-0.3, -0.25) is 4.90 Å². The lowest BCUT2D eigenvalue weighted by atomic mass is 10.0. The van der Waals surface area contributed by atoms with E-state index in [2.05, 4.69) is 34.6 Å². The number of hydrogen-bond donors (Lipinski definition) is 3. The van der Waals surface area contributed by atoms with Gasteiger partial charge in [-0.2, -0.15) is 0 Å². The largest absolute Gasteiger partial charge is 0.504 e. The number of nitrogens with zero attached hydrogens (tertiary/aromatic N) is 2. The number of phenols is 1. The van der Waals surface area contributed by atoms with Gasteiger partial charge in [-0.05, 0) is 63.5 Å². The van der Waals surface area contributed by atoms with Crippen molar-refractivity contribution in [2.45, 2.75) is 39.3 Å². The van der Waals surface area contributed by atoms with E-state index in [0.717, 1.165) is 43.5 Å². The number of hydrogen-bond acceptors (Lipinski definition) is 5. The van der Waals surface area contributed by atoms with Crippen molar-refractivity contribution in [1.82, 2.24) is 15.5 Å². The molecule has 1 unspecified atom stereocenters. The minimum atomic E-state index is 0.148. The van der Waals surface area contributed by atoms with Crippen LogP contribution in [0.4, 0.5) is 0 Å². The maximum absolute atomic E-state index is 9.93. The normalized spacial score (nSPS) is 15.4. The summed E-state index contributed by atoms with van der Waals surface area (Å²) in [7, 11) is 1.73. The Morgan fingerprint density at radius 1 is 1.09 bits per heavy atom. The first-order valence-corrected chi connectivity index (χ1v) is 11.5. The molecule has 0 bridgehead atoms. The molecule has 0 aromatic heterocycles. The Bertz CT molecular complexity index is 881. The van der Waals surface area contributed by atoms with Crippen molar-refractivity contribution in [2.24, 2.45) is 4.99 Å². The molecule has 7 nitrogen and oxygen atoms in total. The molecular weight excluding hydrogens is 404 g/mol. The SMILES string of the molecule is CCNC(=NCc1ccc(O)c(OCC)c1)NCC(c1ccccc1OC)N1CCCC1. The number of benzene rings is 2. The van der Waals surface area contributed by atoms with E-state index in [1.165, 1.54) is 18.4 Å². The molecule has 1 heterocycles. The van der Waals surface area contributed by atoms with Crippen LogP contribution in [-0.4, -0.2) is 55.9 Å². The fourth-order valence-corrected chi connectivity index (χ4v) is 4.06. The second-order valence-electron chi connectivity index (χ2n) is 7.81. The Kier molecular flexibility index (Phi) is 9.04. The third kappa shape index (κ3) is 6.29. The monoisotopic (exact) mass is 440 g/mol. The molecule has 2 aromatic carbocycles. The number of likely N-dealkylation sites (tertiary alicyclic amines) is 1. The fraction of sp³-hybridized carbons (Fsp3) is 0.480. The first kappa shape index (κ1) is 23.7. The summed E-state index contributed by atoms with van der Waals surface area (Å²) in [6.45, 7) is 8.63. The Morgan fingerprint density at radius 2 is 1.88 bits per heavy atom. The average molecular weight is 441 g/mol. The van der Waals surface area contributed by atoms with Gasteiger partial charge in [-0.15, -0.1) is 0 Å². The van der Waals surface area contributed by atoms with Crippen molar-refractivity contribution in [3.05, 3.63) is 53.6 Å². The van der Waals surface area contributed by atoms with E-state index in [-0.39, 0.29) is 11.8 Å². The Hall–Kier alpha value is -2.93. The molecule has 0 radical (unpaired) electrons. The topological polar surface area (TPSA) is 78.4 Å². The van der Waals surface area contributed by atoms with E-state index >= 15 is 0 Å². The zero-order valence-electron chi connectivity index (χ0n) is 19.4. The molecule has 0 amide bonds. The van der Waals surface area contributed by atoms with Gasteiger partial charge < -0.3 is 25.2 Å². The Balaban J connectivity index is 1.74. The van der Waals surface area contributed by atoms with E-state index in [1.54, 1.807) is 13.2 Å². The predicted molar refractivity (Wildman–Crippen MR) is 129 cm³/mol. The molecule has 3 rings (SSSR count). The number of aromatic hydroxyl groups is 1. The van der Waals surface area contributed by atoms with Crippen LogP contribution in [0.3, 0.4) is 0 Å². The number of ether oxygens (including phenoxy) is 2. The molecule has 32 heavy (non-hydrogen) atoms. The zero-order chi connectivity index (χ0) is 22.8. The summed E-state index contributed by atoms with van der Waals surface area (Å²) in [6, 6.07) is 13.8. The molecule has 7 heteroatoms. The first-order chi connectivity index (χ1) is 15.7. The lowest BCUT2D eigenvalue weighted by molar-refractivity contribution is 0.239. The van der Waals surface area contributed by atoms with Crippen LogP contribution in [0.2, 0.25) is 0 Å². The maximum atomic E-state index is 9.93. The summed E-state index contributed by atoms with van der Waals surface area (Å²) in [5.74, 6) is 2.32. The van der Waals surface area contributed by atoms with Crippen LogP contribution in [0.1, 0.15) is 43.9 Å². The van der Waals surface area contributed by atoms with E-state index < -0.39 is 0 Å². The first-order valence-electron chi connectivity index (χ1n) is 11.5. The summed E-state index contributed by atoms with van der Waals surface area (Å²) < 4.78 is 11.1. The van der Waals surface area contributed by atoms with Crippen LogP contribution >= 0.6 is 0 Å². The van der Waals surface area contributed by atoms with Gasteiger partial charge in [0.05, 0.1) is 26.3 Å². The third-order valence-corrected chi connectivity index (χ3v) is 5.63. The van der Waals surface area contributed by atoms with E-state index in [4.69, 9.17) is 14.5 Å². The fourth-order valence-electron chi connectivity index (χ4n) is 4.06. The average Bonchev–Trinajstić information content (AvgIpc) is 3.34. The molecule has 1 fully saturated rings. The van der Waals surface area contributed by atoms with Gasteiger partial charge in [0.1, 0.15) is 5.75 Å². The highest BCUT2D eigenvalue weighted by atomic mass is 16.5. The van der Waals surface area contributed by atoms with Gasteiger partial charge in [0.2, 0.25) is 0 Å². The van der Waals surface area contributed by atoms with Crippen LogP contribution in [0.25, 0.3) is 0 Å². The highest BCUT2D eigenvalue weighted by Crippen LogP contribution is 2.31. The molecule has 0 saturated carbocycles. The Labute approximate surface area is 191 Å². The lowest BCUT2D eigenvalue weighted by Gasteiger charge is -2.30. The number of phenolic OH excluding ortho intramolecular Hbond substituents is 1. The second-order valence-corrected chi connectivity index (χ2v) is 7.81. The van der Waals surface area contributed by atoms with Crippen molar-refractivity contribution in [1.29, 1.82) is 0 Å². The van der Waals surface area contributed by atoms with E-state index in [9.17, 15) is 5.11 Å². The molecule has 1 aliphatic heterocycles. The van der Waals surface area contributed by atoms with Gasteiger partial charge >= 0.3 is 0 Å². The number of methoxy groups -OCH3 is 1. The standard InChI is InChI=1S/C25H36N4O3/c1-4-26-25(27-17-19-12-13-22(30)24(16-19)32-5-2)28-18-21(29-14-8-9-15-29)20-10-6-7-11-23(20)31-3/h6-7,10-13,16,21,30H,4-5,8-9,14-15,17-18H2,1-3H3,(H2,26,27,28). The van der Waals surface area contributed by atoms with Gasteiger partial charge in [-0.1, -0.05) is 24.3 Å². The smallest absolute Gasteiger partial charge is 0.191 e. The maximum Gasteiger partial charge on any atom is 0.191 e. The number of nitrogens with one attached hydrogen (secondary N) is 2. The molecule has 2 aromatic rings. The molecule has 1 saturated heterocycles. The van der Waals surface area contributed by atoms with Gasteiger partial charge in [0, 0.05) is 18.7 Å². The number of aliphatic imine (C=N–C) groups is 1. The highest BCUT2D eigenvalue weighted by molar-refractivity contribution is 5.79. The van der Waals surface area contributed by atoms with Crippen molar-refractivity contribution in [2.75, 3.05) is 39.9 Å². The molecule has 0 aliphatic carbocycles. The molecule has 1 aliphatic rings. The lowest BCUT2D eigenvalue weighted by Crippen LogP contribution is -2.42. The number of guanidine groups is 1. The minimum absolute atomic E-state index is 0.148. The van der Waals surface area contributed by atoms with Crippen LogP contribution in [-0.2, 0) is 6.54 Å². The molecule has 0 spiro atoms. The third-order valence-electron chi connectivity index (χ3n) is 5.63. The second kappa shape index (κ2) is 12.2. The molecule has 3 N–H and O–H groups in total. The van der Waals surface area contributed by atoms with E-state index in [0.29, 0.717) is 18.9 Å². The summed E-state index contributed by atoms with van der Waals surface area (Å²) in [5.41, 5.74) is 2.17. The van der Waals surface area contributed by atoms with Crippen molar-refractivity contribution >= 4 is 5.96 Å².